The van der Waals surface area contributed by atoms with Crippen LogP contribution in [0.25, 0.3) is 0 Å². The van der Waals surface area contributed by atoms with Gasteiger partial charge in [-0.3, -0.25) is 18.6 Å². The first kappa shape index (κ1) is 43.7. The van der Waals surface area contributed by atoms with E-state index in [0.717, 1.165) is 25.7 Å². The number of phosphoric acid groups is 1. The Kier molecular flexibility index (Phi) is 31.0. The van der Waals surface area contributed by atoms with Gasteiger partial charge in [-0.25, -0.2) is 4.57 Å². The van der Waals surface area contributed by atoms with Gasteiger partial charge in [-0.15, -0.1) is 0 Å². The maximum Gasteiger partial charge on any atom is 0.472 e. The quantitative estimate of drug-likeness (QED) is 0.0321. The van der Waals surface area contributed by atoms with Gasteiger partial charge in [-0.05, 0) is 25.7 Å². The van der Waals surface area contributed by atoms with E-state index in [4.69, 9.17) is 24.3 Å². The number of hydrogen-bond donors (Lipinski definition) is 2. The molecule has 0 fully saturated rings. The van der Waals surface area contributed by atoms with Crippen LogP contribution in [0.4, 0.5) is 0 Å². The second kappa shape index (κ2) is 32.6. The molecule has 0 aliphatic heterocycles. The van der Waals surface area contributed by atoms with Crippen LogP contribution < -0.4 is 5.73 Å². The van der Waals surface area contributed by atoms with Crippen LogP contribution in [0.1, 0.15) is 123 Å². The first-order valence-corrected chi connectivity index (χ1v) is 18.8. The largest absolute Gasteiger partial charge is 0.472 e. The third kappa shape index (κ3) is 31.7. The van der Waals surface area contributed by atoms with Crippen LogP contribution in [-0.4, -0.2) is 49.3 Å². The number of carbonyl (C=O) groups excluding carboxylic acids is 2. The van der Waals surface area contributed by atoms with E-state index in [2.05, 4.69) is 19.9 Å². The lowest BCUT2D eigenvalue weighted by atomic mass is 10.0. The summed E-state index contributed by atoms with van der Waals surface area (Å²) in [5, 5.41) is 0. The first-order valence-electron chi connectivity index (χ1n) is 17.3. The molecule has 0 aliphatic carbocycles. The van der Waals surface area contributed by atoms with E-state index < -0.39 is 32.5 Å². The molecule has 0 amide bonds. The maximum absolute atomic E-state index is 12.4. The van der Waals surface area contributed by atoms with Gasteiger partial charge in [0, 0.05) is 19.4 Å². The molecular formula is C36H62NO8P. The number of esters is 2. The molecule has 0 rings (SSSR count). The lowest BCUT2D eigenvalue weighted by Crippen LogP contribution is -2.29. The van der Waals surface area contributed by atoms with Crippen molar-refractivity contribution >= 4 is 19.8 Å². The zero-order chi connectivity index (χ0) is 34.0. The summed E-state index contributed by atoms with van der Waals surface area (Å²) < 4.78 is 32.5. The molecule has 0 aromatic rings. The van der Waals surface area contributed by atoms with Gasteiger partial charge in [0.25, 0.3) is 0 Å². The molecular weight excluding hydrogens is 605 g/mol. The molecule has 2 atom stereocenters. The van der Waals surface area contributed by atoms with Crippen LogP contribution in [0.15, 0.2) is 60.8 Å². The van der Waals surface area contributed by atoms with Gasteiger partial charge in [-0.1, -0.05) is 145 Å². The molecule has 0 aliphatic rings. The number of nitrogens with two attached hydrogens (primary N) is 1. The molecule has 0 radical (unpaired) electrons. The lowest BCUT2D eigenvalue weighted by Gasteiger charge is -2.19. The molecule has 2 unspecified atom stereocenters. The summed E-state index contributed by atoms with van der Waals surface area (Å²) in [5.41, 5.74) is 5.31. The second-order valence-corrected chi connectivity index (χ2v) is 12.6. The lowest BCUT2D eigenvalue weighted by molar-refractivity contribution is -0.161. The van der Waals surface area contributed by atoms with Crippen molar-refractivity contribution in [1.29, 1.82) is 0 Å². The Balaban J connectivity index is 4.42. The van der Waals surface area contributed by atoms with E-state index in [-0.39, 0.29) is 32.6 Å². The smallest absolute Gasteiger partial charge is 0.462 e. The number of ether oxygens (including phenoxy) is 2. The van der Waals surface area contributed by atoms with Gasteiger partial charge in [0.1, 0.15) is 6.61 Å². The molecule has 46 heavy (non-hydrogen) atoms. The van der Waals surface area contributed by atoms with Crippen molar-refractivity contribution in [1.82, 2.24) is 0 Å². The van der Waals surface area contributed by atoms with Crippen LogP contribution in [0.5, 0.6) is 0 Å². The second-order valence-electron chi connectivity index (χ2n) is 11.1. The molecule has 0 spiro atoms. The standard InChI is InChI=1S/C36H62NO8P/c1-3-5-7-9-11-13-15-17-19-21-23-25-27-29-36(39)45-34(33-44-46(40,41)43-31-30-37)32-42-35(38)28-26-24-22-20-18-16-14-12-10-8-6-4-2/h5,7,9,11,13,15,17,19,21,23,34H,3-4,6,8,10,12,14,16,18,20,22,24-33,37H2,1-2H3,(H,40,41)/b7-5+,11-9+,15-13+,19-17+,23-21+. The van der Waals surface area contributed by atoms with Crippen LogP contribution in [-0.2, 0) is 32.7 Å². The topological polar surface area (TPSA) is 134 Å². The van der Waals surface area contributed by atoms with Crippen LogP contribution >= 0.6 is 7.82 Å². The van der Waals surface area contributed by atoms with Gasteiger partial charge in [-0.2, -0.15) is 0 Å². The predicted molar refractivity (Wildman–Crippen MR) is 187 cm³/mol. The molecule has 0 saturated heterocycles. The molecule has 0 aromatic heterocycles. The number of carbonyl (C=O) groups is 2. The number of unbranched alkanes of at least 4 members (excludes halogenated alkanes) is 12. The molecule has 10 heteroatoms. The van der Waals surface area contributed by atoms with E-state index >= 15 is 0 Å². The number of phosphoric ester groups is 1. The summed E-state index contributed by atoms with van der Waals surface area (Å²) in [4.78, 5) is 34.5. The van der Waals surface area contributed by atoms with Gasteiger partial charge in [0.2, 0.25) is 0 Å². The Morgan fingerprint density at radius 3 is 1.76 bits per heavy atom. The molecule has 264 valence electrons. The zero-order valence-corrected chi connectivity index (χ0v) is 29.4. The third-order valence-electron chi connectivity index (χ3n) is 6.80. The summed E-state index contributed by atoms with van der Waals surface area (Å²) in [6.45, 7) is 3.46. The average molecular weight is 668 g/mol. The number of hydrogen-bond acceptors (Lipinski definition) is 8. The normalized spacial score (nSPS) is 14.3. The Bertz CT molecular complexity index is 944. The van der Waals surface area contributed by atoms with Crippen LogP contribution in [0, 0.1) is 0 Å². The van der Waals surface area contributed by atoms with Gasteiger partial charge in [0.05, 0.1) is 13.2 Å². The zero-order valence-electron chi connectivity index (χ0n) is 28.5. The molecule has 0 heterocycles. The predicted octanol–water partition coefficient (Wildman–Crippen LogP) is 8.99. The third-order valence-corrected chi connectivity index (χ3v) is 7.78. The Morgan fingerprint density at radius 1 is 0.674 bits per heavy atom. The fraction of sp³-hybridized carbons (Fsp3) is 0.667. The average Bonchev–Trinajstić information content (AvgIpc) is 3.04. The van der Waals surface area contributed by atoms with Crippen molar-refractivity contribution in [2.75, 3.05) is 26.4 Å². The summed E-state index contributed by atoms with van der Waals surface area (Å²) in [6, 6.07) is 0. The van der Waals surface area contributed by atoms with E-state index in [1.54, 1.807) is 0 Å². The molecule has 0 saturated carbocycles. The van der Waals surface area contributed by atoms with Crippen LogP contribution in [0.3, 0.4) is 0 Å². The van der Waals surface area contributed by atoms with E-state index in [1.807, 2.05) is 54.7 Å². The minimum Gasteiger partial charge on any atom is -0.462 e. The molecule has 0 aromatic carbocycles. The van der Waals surface area contributed by atoms with E-state index in [1.165, 1.54) is 57.8 Å². The number of allylic oxidation sites excluding steroid dienone is 10. The SMILES string of the molecule is CC/C=C/C=C/C=C/C=C/C=C/CCCC(=O)OC(COC(=O)CCCCCCCCCCCCCC)COP(=O)(O)OCCN. The van der Waals surface area contributed by atoms with Crippen LogP contribution in [0.2, 0.25) is 0 Å². The number of rotatable bonds is 31. The van der Waals surface area contributed by atoms with Gasteiger partial charge < -0.3 is 20.1 Å². The molecule has 9 nitrogen and oxygen atoms in total. The minimum atomic E-state index is -4.39. The summed E-state index contributed by atoms with van der Waals surface area (Å²) in [7, 11) is -4.39. The Hall–Kier alpha value is -2.29. The first-order chi connectivity index (χ1) is 22.3. The van der Waals surface area contributed by atoms with Gasteiger partial charge >= 0.3 is 19.8 Å². The highest BCUT2D eigenvalue weighted by Crippen LogP contribution is 2.43. The minimum absolute atomic E-state index is 0.0400. The Labute approximate surface area is 279 Å². The summed E-state index contributed by atoms with van der Waals surface area (Å²) in [5.74, 6) is -0.922. The van der Waals surface area contributed by atoms with Crippen molar-refractivity contribution in [2.45, 2.75) is 129 Å². The van der Waals surface area contributed by atoms with Crippen molar-refractivity contribution < 1.29 is 37.6 Å². The van der Waals surface area contributed by atoms with Crippen molar-refractivity contribution in [3.63, 3.8) is 0 Å². The summed E-state index contributed by atoms with van der Waals surface area (Å²) >= 11 is 0. The van der Waals surface area contributed by atoms with E-state index in [9.17, 15) is 19.0 Å². The van der Waals surface area contributed by atoms with Crippen molar-refractivity contribution in [2.24, 2.45) is 5.73 Å². The monoisotopic (exact) mass is 667 g/mol. The Morgan fingerprint density at radius 2 is 1.20 bits per heavy atom. The highest BCUT2D eigenvalue weighted by atomic mass is 31.2. The highest BCUT2D eigenvalue weighted by molar-refractivity contribution is 7.47. The summed E-state index contributed by atoms with van der Waals surface area (Å²) in [6.07, 6.45) is 35.5. The molecule has 0 bridgehead atoms. The highest BCUT2D eigenvalue weighted by Gasteiger charge is 2.25. The van der Waals surface area contributed by atoms with Crippen molar-refractivity contribution in [3.8, 4) is 0 Å². The van der Waals surface area contributed by atoms with Gasteiger partial charge in [0.15, 0.2) is 6.10 Å². The fourth-order valence-corrected chi connectivity index (χ4v) is 5.02. The molecule has 3 N–H and O–H groups in total. The van der Waals surface area contributed by atoms with E-state index in [0.29, 0.717) is 12.8 Å². The fourth-order valence-electron chi connectivity index (χ4n) is 4.25. The maximum atomic E-state index is 12.4. The van der Waals surface area contributed by atoms with Crippen molar-refractivity contribution in [3.05, 3.63) is 60.8 Å².